The van der Waals surface area contributed by atoms with Crippen molar-refractivity contribution in [3.8, 4) is 0 Å². The summed E-state index contributed by atoms with van der Waals surface area (Å²) in [5.41, 5.74) is 1.63. The number of rotatable bonds is 12. The first-order valence-corrected chi connectivity index (χ1v) is 12.0. The van der Waals surface area contributed by atoms with E-state index in [9.17, 15) is 30.5 Å². The summed E-state index contributed by atoms with van der Waals surface area (Å²) in [7, 11) is 0. The number of likely N-dealkylation sites (tertiary alicyclic amines) is 2. The molecule has 0 saturated carbocycles. The number of nitrogens with one attached hydrogen (secondary N) is 1. The first kappa shape index (κ1) is 25.8. The summed E-state index contributed by atoms with van der Waals surface area (Å²) in [5.74, 6) is 0. The molecule has 2 heterocycles. The lowest BCUT2D eigenvalue weighted by molar-refractivity contribution is -0.384. The van der Waals surface area contributed by atoms with Crippen molar-refractivity contribution in [2.75, 3.05) is 44.6 Å². The molecule has 0 aromatic heterocycles. The van der Waals surface area contributed by atoms with Gasteiger partial charge >= 0.3 is 0 Å². The van der Waals surface area contributed by atoms with Crippen molar-refractivity contribution in [3.05, 3.63) is 33.9 Å². The fraction of sp³-hybridized carbons (Fsp3) is 0.739. The standard InChI is InChI=1S/C23H38N4O6/c28-16-20-22(30)23(31)21(29)15-26(20)12-4-2-1-3-9-24-18-8-7-17(13-19(18)27(32)33)14-25-10-5-6-11-25/h7-8,13,20-24,28-31H,1-6,9-12,14-16H2/t20-,21+,22-,23-/m1/s1. The van der Waals surface area contributed by atoms with Crippen molar-refractivity contribution >= 4 is 11.4 Å². The topological polar surface area (TPSA) is 143 Å². The summed E-state index contributed by atoms with van der Waals surface area (Å²) in [6.45, 7) is 4.06. The maximum absolute atomic E-state index is 11.5. The average molecular weight is 467 g/mol. The number of benzene rings is 1. The predicted octanol–water partition coefficient (Wildman–Crippen LogP) is 0.922. The minimum absolute atomic E-state index is 0.117. The first-order chi connectivity index (χ1) is 15.9. The number of nitrogens with zero attached hydrogens (tertiary/aromatic N) is 3. The summed E-state index contributed by atoms with van der Waals surface area (Å²) in [4.78, 5) is 15.4. The fourth-order valence-corrected chi connectivity index (χ4v) is 4.83. The van der Waals surface area contributed by atoms with Crippen LogP contribution in [0.2, 0.25) is 0 Å². The van der Waals surface area contributed by atoms with Gasteiger partial charge in [-0.2, -0.15) is 0 Å². The van der Waals surface area contributed by atoms with E-state index in [1.807, 2.05) is 11.0 Å². The van der Waals surface area contributed by atoms with Gasteiger partial charge in [-0.3, -0.25) is 19.9 Å². The Balaban J connectivity index is 1.38. The molecule has 33 heavy (non-hydrogen) atoms. The van der Waals surface area contributed by atoms with E-state index in [0.717, 1.165) is 50.9 Å². The van der Waals surface area contributed by atoms with E-state index in [0.29, 0.717) is 18.8 Å². The lowest BCUT2D eigenvalue weighted by Crippen LogP contribution is -2.62. The number of aliphatic hydroxyl groups is 4. The number of unbranched alkanes of at least 4 members (excludes halogenated alkanes) is 3. The molecule has 0 spiro atoms. The van der Waals surface area contributed by atoms with Crippen LogP contribution in [0.4, 0.5) is 11.4 Å². The Bertz CT molecular complexity index is 760. The van der Waals surface area contributed by atoms with Gasteiger partial charge in [0.2, 0.25) is 0 Å². The van der Waals surface area contributed by atoms with Crippen LogP contribution in [-0.4, -0.2) is 98.8 Å². The highest BCUT2D eigenvalue weighted by molar-refractivity contribution is 5.62. The molecule has 1 aromatic rings. The minimum Gasteiger partial charge on any atom is -0.395 e. The molecular formula is C23H38N4O6. The van der Waals surface area contributed by atoms with E-state index in [2.05, 4.69) is 10.2 Å². The third-order valence-electron chi connectivity index (χ3n) is 6.77. The quantitative estimate of drug-likeness (QED) is 0.173. The second-order valence-electron chi connectivity index (χ2n) is 9.23. The van der Waals surface area contributed by atoms with Crippen LogP contribution >= 0.6 is 0 Å². The zero-order chi connectivity index (χ0) is 23.8. The Morgan fingerprint density at radius 2 is 1.79 bits per heavy atom. The van der Waals surface area contributed by atoms with Gasteiger partial charge in [-0.15, -0.1) is 0 Å². The van der Waals surface area contributed by atoms with Crippen LogP contribution in [0.1, 0.15) is 44.1 Å². The summed E-state index contributed by atoms with van der Waals surface area (Å²) < 4.78 is 0. The molecule has 10 heteroatoms. The fourth-order valence-electron chi connectivity index (χ4n) is 4.83. The van der Waals surface area contributed by atoms with Crippen LogP contribution in [0.3, 0.4) is 0 Å². The highest BCUT2D eigenvalue weighted by Crippen LogP contribution is 2.27. The molecule has 0 amide bonds. The van der Waals surface area contributed by atoms with Crippen molar-refractivity contribution in [3.63, 3.8) is 0 Å². The number of nitro benzene ring substituents is 1. The summed E-state index contributed by atoms with van der Waals surface area (Å²) in [6.07, 6.45) is 2.50. The monoisotopic (exact) mass is 466 g/mol. The van der Waals surface area contributed by atoms with E-state index in [1.54, 1.807) is 12.1 Å². The largest absolute Gasteiger partial charge is 0.395 e. The highest BCUT2D eigenvalue weighted by atomic mass is 16.6. The number of piperidine rings is 1. The van der Waals surface area contributed by atoms with Crippen LogP contribution < -0.4 is 5.32 Å². The smallest absolute Gasteiger partial charge is 0.292 e. The Kier molecular flexibility index (Phi) is 9.84. The van der Waals surface area contributed by atoms with Crippen molar-refractivity contribution in [2.45, 2.75) is 69.4 Å². The van der Waals surface area contributed by atoms with Gasteiger partial charge in [0.15, 0.2) is 0 Å². The molecule has 0 aliphatic carbocycles. The van der Waals surface area contributed by atoms with E-state index < -0.39 is 24.4 Å². The van der Waals surface area contributed by atoms with Gasteiger partial charge in [-0.05, 0) is 56.9 Å². The Morgan fingerprint density at radius 3 is 2.48 bits per heavy atom. The summed E-state index contributed by atoms with van der Waals surface area (Å²) >= 11 is 0. The third-order valence-corrected chi connectivity index (χ3v) is 6.77. The van der Waals surface area contributed by atoms with Gasteiger partial charge < -0.3 is 25.7 Å². The number of β-amino-alcohol motifs (C(OH)–C–C–N with tert-alkyl or cyclic N) is 1. The van der Waals surface area contributed by atoms with Crippen LogP contribution in [0.5, 0.6) is 0 Å². The predicted molar refractivity (Wildman–Crippen MR) is 125 cm³/mol. The Labute approximate surface area is 195 Å². The molecule has 1 aromatic carbocycles. The normalized spacial score (nSPS) is 26.5. The molecule has 186 valence electrons. The molecule has 3 rings (SSSR count). The molecule has 10 nitrogen and oxygen atoms in total. The highest BCUT2D eigenvalue weighted by Gasteiger charge is 2.40. The number of aliphatic hydroxyl groups excluding tert-OH is 4. The van der Waals surface area contributed by atoms with E-state index >= 15 is 0 Å². The van der Waals surface area contributed by atoms with Crippen molar-refractivity contribution < 1.29 is 25.3 Å². The third kappa shape index (κ3) is 7.08. The van der Waals surface area contributed by atoms with Gasteiger partial charge in [-0.25, -0.2) is 0 Å². The second kappa shape index (κ2) is 12.6. The van der Waals surface area contributed by atoms with Gasteiger partial charge in [-0.1, -0.05) is 18.9 Å². The van der Waals surface area contributed by atoms with Crippen molar-refractivity contribution in [1.29, 1.82) is 0 Å². The molecule has 5 N–H and O–H groups in total. The molecule has 2 aliphatic heterocycles. The van der Waals surface area contributed by atoms with Crippen molar-refractivity contribution in [2.24, 2.45) is 0 Å². The molecule has 0 unspecified atom stereocenters. The average Bonchev–Trinajstić information content (AvgIpc) is 3.30. The zero-order valence-electron chi connectivity index (χ0n) is 19.2. The van der Waals surface area contributed by atoms with Crippen molar-refractivity contribution in [1.82, 2.24) is 9.80 Å². The zero-order valence-corrected chi connectivity index (χ0v) is 19.2. The van der Waals surface area contributed by atoms with Gasteiger partial charge in [0.25, 0.3) is 5.69 Å². The van der Waals surface area contributed by atoms with E-state index in [4.69, 9.17) is 0 Å². The summed E-state index contributed by atoms with van der Waals surface area (Å²) in [5, 5.41) is 53.9. The number of hydrogen-bond donors (Lipinski definition) is 5. The van der Waals surface area contributed by atoms with Crippen LogP contribution in [0, 0.1) is 10.1 Å². The van der Waals surface area contributed by atoms with E-state index in [1.165, 1.54) is 12.8 Å². The number of nitro groups is 1. The van der Waals surface area contributed by atoms with Crippen LogP contribution in [0.25, 0.3) is 0 Å². The molecule has 2 aliphatic rings. The maximum atomic E-state index is 11.5. The maximum Gasteiger partial charge on any atom is 0.292 e. The van der Waals surface area contributed by atoms with Gasteiger partial charge in [0.05, 0.1) is 23.7 Å². The van der Waals surface area contributed by atoms with Gasteiger partial charge in [0, 0.05) is 25.7 Å². The number of anilines is 1. The summed E-state index contributed by atoms with van der Waals surface area (Å²) in [6, 6.07) is 4.87. The Hall–Kier alpha value is -1.82. The molecule has 4 atom stereocenters. The lowest BCUT2D eigenvalue weighted by atomic mass is 9.94. The van der Waals surface area contributed by atoms with Crippen LogP contribution in [0.15, 0.2) is 18.2 Å². The minimum atomic E-state index is -1.23. The molecular weight excluding hydrogens is 428 g/mol. The first-order valence-electron chi connectivity index (χ1n) is 12.0. The lowest BCUT2D eigenvalue weighted by Gasteiger charge is -2.43. The molecule has 0 bridgehead atoms. The Morgan fingerprint density at radius 1 is 1.06 bits per heavy atom. The number of hydrogen-bond acceptors (Lipinski definition) is 9. The molecule has 2 fully saturated rings. The van der Waals surface area contributed by atoms with Gasteiger partial charge in [0.1, 0.15) is 17.9 Å². The molecule has 2 saturated heterocycles. The second-order valence-corrected chi connectivity index (χ2v) is 9.23. The SMILES string of the molecule is O=[N+]([O-])c1cc(CN2CCCC2)ccc1NCCCCCCN1C[C@H](O)[C@@H](O)[C@H](O)[C@H]1CO. The van der Waals surface area contributed by atoms with Crippen LogP contribution in [-0.2, 0) is 6.54 Å². The molecule has 0 radical (unpaired) electrons. The van der Waals surface area contributed by atoms with E-state index in [-0.39, 0.29) is 23.8 Å².